The highest BCUT2D eigenvalue weighted by molar-refractivity contribution is 8.00. The fraction of sp³-hybridized carbons (Fsp3) is 0.500. The van der Waals surface area contributed by atoms with Crippen molar-refractivity contribution in [1.82, 2.24) is 4.90 Å². The van der Waals surface area contributed by atoms with Crippen molar-refractivity contribution in [1.29, 1.82) is 0 Å². The van der Waals surface area contributed by atoms with Crippen molar-refractivity contribution in [3.63, 3.8) is 0 Å². The molecule has 0 unspecified atom stereocenters. The molecule has 9 heteroatoms. The van der Waals surface area contributed by atoms with Crippen LogP contribution in [0.3, 0.4) is 0 Å². The second kappa shape index (κ2) is 7.35. The number of amides is 2. The van der Waals surface area contributed by atoms with Gasteiger partial charge < -0.3 is 15.0 Å². The van der Waals surface area contributed by atoms with Crippen molar-refractivity contribution < 1.29 is 22.7 Å². The number of nitrogens with zero attached hydrogens (tertiary/aromatic N) is 1. The molecule has 25 heavy (non-hydrogen) atoms. The first-order valence-corrected chi connectivity index (χ1v) is 10.6. The second-order valence-electron chi connectivity index (χ2n) is 6.05. The van der Waals surface area contributed by atoms with Gasteiger partial charge in [0.25, 0.3) is 0 Å². The molecule has 1 saturated heterocycles. The van der Waals surface area contributed by atoms with Crippen molar-refractivity contribution in [3.05, 3.63) is 18.2 Å². The average Bonchev–Trinajstić information content (AvgIpc) is 2.61. The molecular formula is C16H20N2O5S2. The summed E-state index contributed by atoms with van der Waals surface area (Å²) in [6.45, 7) is 3.49. The summed E-state index contributed by atoms with van der Waals surface area (Å²) >= 11 is 1.37. The number of anilines is 1. The highest BCUT2D eigenvalue weighted by Crippen LogP contribution is 2.34. The number of benzene rings is 1. The van der Waals surface area contributed by atoms with Gasteiger partial charge in [-0.05, 0) is 25.1 Å². The summed E-state index contributed by atoms with van der Waals surface area (Å²) < 4.78 is 30.8. The van der Waals surface area contributed by atoms with Gasteiger partial charge in [-0.3, -0.25) is 9.59 Å². The number of hydrogen-bond acceptors (Lipinski definition) is 6. The van der Waals surface area contributed by atoms with E-state index in [1.165, 1.54) is 23.9 Å². The molecule has 136 valence electrons. The molecule has 0 spiro atoms. The van der Waals surface area contributed by atoms with Crippen LogP contribution < -0.4 is 5.32 Å². The van der Waals surface area contributed by atoms with Gasteiger partial charge in [0.1, 0.15) is 0 Å². The number of carbonyl (C=O) groups excluding carboxylic acids is 2. The summed E-state index contributed by atoms with van der Waals surface area (Å²) in [5.41, 5.74) is 0.508. The summed E-state index contributed by atoms with van der Waals surface area (Å²) in [6, 6.07) is 4.71. The Morgan fingerprint density at radius 3 is 2.80 bits per heavy atom. The van der Waals surface area contributed by atoms with E-state index in [0.29, 0.717) is 37.7 Å². The summed E-state index contributed by atoms with van der Waals surface area (Å²) in [5, 5.41) is 1.85. The molecule has 1 atom stereocenters. The van der Waals surface area contributed by atoms with Gasteiger partial charge in [0.2, 0.25) is 11.8 Å². The normalized spacial score (nSPS) is 19.1. The number of sulfone groups is 1. The molecule has 3 rings (SSSR count). The predicted octanol–water partition coefficient (Wildman–Crippen LogP) is 1.14. The maximum absolute atomic E-state index is 12.8. The lowest BCUT2D eigenvalue weighted by Crippen LogP contribution is -2.42. The first-order chi connectivity index (χ1) is 11.9. The number of ether oxygens (including phenoxy) is 1. The Labute approximate surface area is 151 Å². The molecule has 0 saturated carbocycles. The molecule has 0 bridgehead atoms. The van der Waals surface area contributed by atoms with Gasteiger partial charge >= 0.3 is 0 Å². The third-order valence-electron chi connectivity index (χ3n) is 4.27. The molecule has 2 heterocycles. The Kier molecular flexibility index (Phi) is 5.35. The van der Waals surface area contributed by atoms with Gasteiger partial charge in [-0.25, -0.2) is 8.42 Å². The van der Waals surface area contributed by atoms with E-state index in [1.54, 1.807) is 17.9 Å². The van der Waals surface area contributed by atoms with Crippen molar-refractivity contribution in [2.75, 3.05) is 37.4 Å². The first kappa shape index (κ1) is 18.2. The second-order valence-corrected chi connectivity index (χ2v) is 9.43. The van der Waals surface area contributed by atoms with E-state index in [0.717, 1.165) is 4.90 Å². The lowest BCUT2D eigenvalue weighted by molar-refractivity contribution is -0.135. The fourth-order valence-corrected chi connectivity index (χ4v) is 4.92. The largest absolute Gasteiger partial charge is 0.378 e. The fourth-order valence-electron chi connectivity index (χ4n) is 2.77. The minimum Gasteiger partial charge on any atom is -0.378 e. The summed E-state index contributed by atoms with van der Waals surface area (Å²) in [7, 11) is -3.66. The Balaban J connectivity index is 1.75. The van der Waals surface area contributed by atoms with Crippen molar-refractivity contribution in [2.45, 2.75) is 28.4 Å². The Bertz CT molecular complexity index is 788. The number of carbonyl (C=O) groups is 2. The van der Waals surface area contributed by atoms with E-state index in [4.69, 9.17) is 4.74 Å². The molecular weight excluding hydrogens is 364 g/mol. The number of rotatable bonds is 4. The predicted molar refractivity (Wildman–Crippen MR) is 94.5 cm³/mol. The van der Waals surface area contributed by atoms with E-state index < -0.39 is 15.1 Å². The van der Waals surface area contributed by atoms with Crippen LogP contribution >= 0.6 is 11.8 Å². The van der Waals surface area contributed by atoms with Crippen LogP contribution in [0, 0.1) is 0 Å². The smallest absolute Gasteiger partial charge is 0.234 e. The van der Waals surface area contributed by atoms with Crippen LogP contribution in [0.2, 0.25) is 0 Å². The van der Waals surface area contributed by atoms with Gasteiger partial charge in [-0.2, -0.15) is 0 Å². The van der Waals surface area contributed by atoms with Gasteiger partial charge in [-0.1, -0.05) is 0 Å². The molecule has 2 aliphatic rings. The zero-order chi connectivity index (χ0) is 18.0. The van der Waals surface area contributed by atoms with Crippen LogP contribution in [0.1, 0.15) is 13.3 Å². The number of fused-ring (bicyclic) bond motifs is 1. The van der Waals surface area contributed by atoms with Crippen molar-refractivity contribution in [2.24, 2.45) is 0 Å². The Morgan fingerprint density at radius 1 is 1.36 bits per heavy atom. The molecule has 1 N–H and O–H groups in total. The van der Waals surface area contributed by atoms with Crippen LogP contribution in [0.15, 0.2) is 28.0 Å². The van der Waals surface area contributed by atoms with Gasteiger partial charge in [0.15, 0.2) is 9.84 Å². The maximum atomic E-state index is 12.8. The quantitative estimate of drug-likeness (QED) is 0.837. The first-order valence-electron chi connectivity index (χ1n) is 8.04. The van der Waals surface area contributed by atoms with E-state index in [9.17, 15) is 18.0 Å². The summed E-state index contributed by atoms with van der Waals surface area (Å²) in [6.07, 6.45) is -0.0689. The zero-order valence-electron chi connectivity index (χ0n) is 13.9. The van der Waals surface area contributed by atoms with Crippen LogP contribution in [0.4, 0.5) is 5.69 Å². The van der Waals surface area contributed by atoms with E-state index in [-0.39, 0.29) is 23.1 Å². The lowest BCUT2D eigenvalue weighted by Gasteiger charge is -2.28. The van der Waals surface area contributed by atoms with Gasteiger partial charge in [0.05, 0.1) is 34.8 Å². The van der Waals surface area contributed by atoms with Crippen molar-refractivity contribution in [3.8, 4) is 0 Å². The monoisotopic (exact) mass is 384 g/mol. The topological polar surface area (TPSA) is 92.8 Å². The van der Waals surface area contributed by atoms with Crippen LogP contribution in [0.25, 0.3) is 0 Å². The van der Waals surface area contributed by atoms with Gasteiger partial charge in [-0.15, -0.1) is 11.8 Å². The lowest BCUT2D eigenvalue weighted by atomic mass is 10.3. The number of thioether (sulfide) groups is 1. The molecule has 1 aromatic carbocycles. The van der Waals surface area contributed by atoms with E-state index in [2.05, 4.69) is 5.32 Å². The van der Waals surface area contributed by atoms with Crippen molar-refractivity contribution >= 4 is 39.1 Å². The minimum absolute atomic E-state index is 0.0689. The van der Waals surface area contributed by atoms with Gasteiger partial charge in [0, 0.05) is 24.4 Å². The van der Waals surface area contributed by atoms with E-state index >= 15 is 0 Å². The van der Waals surface area contributed by atoms with Crippen LogP contribution in [0.5, 0.6) is 0 Å². The number of morpholine rings is 1. The standard InChI is InChI=1S/C16H20N2O5S2/c1-11(8-16(20)18-4-6-23-7-5-18)25(21,22)12-2-3-14-13(9-12)17-15(19)10-24-14/h2-3,9,11H,4-8,10H2,1H3,(H,17,19)/t11-/m0/s1. The third kappa shape index (κ3) is 3.99. The molecule has 2 amide bonds. The maximum Gasteiger partial charge on any atom is 0.234 e. The highest BCUT2D eigenvalue weighted by Gasteiger charge is 2.29. The third-order valence-corrected chi connectivity index (χ3v) is 7.48. The Morgan fingerprint density at radius 2 is 2.08 bits per heavy atom. The van der Waals surface area contributed by atoms with Crippen LogP contribution in [-0.4, -0.2) is 62.4 Å². The molecule has 0 aromatic heterocycles. The molecule has 7 nitrogen and oxygen atoms in total. The molecule has 2 aliphatic heterocycles. The minimum atomic E-state index is -3.66. The highest BCUT2D eigenvalue weighted by atomic mass is 32.2. The number of hydrogen-bond donors (Lipinski definition) is 1. The molecule has 0 aliphatic carbocycles. The zero-order valence-corrected chi connectivity index (χ0v) is 15.5. The SMILES string of the molecule is C[C@@H](CC(=O)N1CCOCC1)S(=O)(=O)c1ccc2c(c1)NC(=O)CS2. The Hall–Kier alpha value is -1.58. The molecule has 1 aromatic rings. The summed E-state index contributed by atoms with van der Waals surface area (Å²) in [4.78, 5) is 26.4. The molecule has 1 fully saturated rings. The average molecular weight is 384 g/mol. The molecule has 0 radical (unpaired) electrons. The summed E-state index contributed by atoms with van der Waals surface area (Å²) in [5.74, 6) is -0.00686. The number of nitrogens with one attached hydrogen (secondary N) is 1. The van der Waals surface area contributed by atoms with E-state index in [1.807, 2.05) is 0 Å². The van der Waals surface area contributed by atoms with Crippen LogP contribution in [-0.2, 0) is 24.2 Å².